The van der Waals surface area contributed by atoms with Crippen LogP contribution in [0, 0.1) is 12.7 Å². The van der Waals surface area contributed by atoms with Crippen LogP contribution in [0.25, 0.3) is 0 Å². The van der Waals surface area contributed by atoms with E-state index in [-0.39, 0.29) is 11.5 Å². The lowest BCUT2D eigenvalue weighted by molar-refractivity contribution is 0.0954. The van der Waals surface area contributed by atoms with Crippen molar-refractivity contribution in [1.82, 2.24) is 5.32 Å². The average Bonchev–Trinajstić information content (AvgIpc) is 2.70. The van der Waals surface area contributed by atoms with E-state index in [1.54, 1.807) is 24.3 Å². The topological polar surface area (TPSA) is 70.7 Å². The van der Waals surface area contributed by atoms with Gasteiger partial charge in [-0.05, 0) is 49.7 Å². The van der Waals surface area contributed by atoms with Crippen LogP contribution in [0.3, 0.4) is 0 Å². The molecule has 1 aliphatic rings. The van der Waals surface area contributed by atoms with Crippen molar-refractivity contribution in [3.8, 4) is 0 Å². The van der Waals surface area contributed by atoms with Gasteiger partial charge in [-0.15, -0.1) is 0 Å². The monoisotopic (exact) mass is 385 g/mol. The number of hydrogen-bond acceptors (Lipinski definition) is 4. The molecule has 0 bridgehead atoms. The van der Waals surface area contributed by atoms with E-state index in [2.05, 4.69) is 10.6 Å². The van der Waals surface area contributed by atoms with Crippen LogP contribution in [-0.2, 0) is 4.74 Å². The molecule has 0 aliphatic carbocycles. The van der Waals surface area contributed by atoms with E-state index in [4.69, 9.17) is 4.74 Å². The number of morpholine rings is 1. The summed E-state index contributed by atoms with van der Waals surface area (Å²) in [5, 5.41) is 5.52. The minimum atomic E-state index is -0.470. The van der Waals surface area contributed by atoms with Gasteiger partial charge in [0.15, 0.2) is 0 Å². The zero-order valence-electron chi connectivity index (χ0n) is 16.0. The van der Waals surface area contributed by atoms with Crippen LogP contribution < -0.4 is 15.5 Å². The summed E-state index contributed by atoms with van der Waals surface area (Å²) >= 11 is 0. The lowest BCUT2D eigenvalue weighted by atomic mass is 10.1. The van der Waals surface area contributed by atoms with Gasteiger partial charge in [0.05, 0.1) is 13.2 Å². The summed E-state index contributed by atoms with van der Waals surface area (Å²) in [6.07, 6.45) is 0. The molecule has 2 N–H and O–H groups in total. The Morgan fingerprint density at radius 2 is 1.82 bits per heavy atom. The third kappa shape index (κ3) is 4.67. The molecule has 1 saturated heterocycles. The van der Waals surface area contributed by atoms with Gasteiger partial charge in [-0.2, -0.15) is 0 Å². The van der Waals surface area contributed by atoms with Crippen LogP contribution in [0.2, 0.25) is 0 Å². The molecular formula is C21H24FN3O3. The first-order valence-corrected chi connectivity index (χ1v) is 9.31. The standard InChI is InChI=1S/C21H24FN3O3/c1-3-23-20(26)15-5-4-14(2)19(12-15)24-21(27)16-10-17(22)13-18(11-16)25-6-8-28-9-7-25/h4-5,10-13H,3,6-9H2,1-2H3,(H,23,26)(H,24,27). The molecule has 0 aromatic heterocycles. The molecule has 2 amide bonds. The number of benzene rings is 2. The first-order valence-electron chi connectivity index (χ1n) is 9.31. The third-order valence-corrected chi connectivity index (χ3v) is 4.61. The molecule has 0 saturated carbocycles. The Hall–Kier alpha value is -2.93. The van der Waals surface area contributed by atoms with Crippen LogP contribution in [0.4, 0.5) is 15.8 Å². The summed E-state index contributed by atoms with van der Waals surface area (Å²) in [7, 11) is 0. The summed E-state index contributed by atoms with van der Waals surface area (Å²) in [5.74, 6) is -1.11. The second kappa shape index (κ2) is 8.84. The molecule has 2 aromatic rings. The van der Waals surface area contributed by atoms with E-state index >= 15 is 0 Å². The number of anilines is 2. The van der Waals surface area contributed by atoms with E-state index in [0.29, 0.717) is 49.8 Å². The molecule has 1 heterocycles. The van der Waals surface area contributed by atoms with E-state index in [0.717, 1.165) is 5.56 Å². The highest BCUT2D eigenvalue weighted by Gasteiger charge is 2.16. The lowest BCUT2D eigenvalue weighted by Crippen LogP contribution is -2.36. The van der Waals surface area contributed by atoms with E-state index < -0.39 is 11.7 Å². The van der Waals surface area contributed by atoms with E-state index in [1.807, 2.05) is 18.7 Å². The average molecular weight is 385 g/mol. The van der Waals surface area contributed by atoms with Crippen LogP contribution in [-0.4, -0.2) is 44.7 Å². The Labute approximate surface area is 163 Å². The first kappa shape index (κ1) is 19.8. The van der Waals surface area contributed by atoms with Crippen molar-refractivity contribution in [2.45, 2.75) is 13.8 Å². The molecule has 0 unspecified atom stereocenters. The molecular weight excluding hydrogens is 361 g/mol. The molecule has 6 nitrogen and oxygen atoms in total. The number of halogens is 1. The quantitative estimate of drug-likeness (QED) is 0.830. The Morgan fingerprint density at radius 1 is 1.07 bits per heavy atom. The molecule has 1 fully saturated rings. The Morgan fingerprint density at radius 3 is 2.54 bits per heavy atom. The Kier molecular flexibility index (Phi) is 6.26. The minimum Gasteiger partial charge on any atom is -0.378 e. The van der Waals surface area contributed by atoms with Crippen molar-refractivity contribution >= 4 is 23.2 Å². The fraction of sp³-hybridized carbons (Fsp3) is 0.333. The highest BCUT2D eigenvalue weighted by Crippen LogP contribution is 2.22. The van der Waals surface area contributed by atoms with Crippen molar-refractivity contribution < 1.29 is 18.7 Å². The second-order valence-electron chi connectivity index (χ2n) is 6.64. The number of aryl methyl sites for hydroxylation is 1. The van der Waals surface area contributed by atoms with Gasteiger partial charge in [-0.3, -0.25) is 9.59 Å². The van der Waals surface area contributed by atoms with Gasteiger partial charge in [-0.25, -0.2) is 4.39 Å². The zero-order valence-corrected chi connectivity index (χ0v) is 16.0. The Balaban J connectivity index is 1.82. The first-order chi connectivity index (χ1) is 13.5. The summed E-state index contributed by atoms with van der Waals surface area (Å²) in [6.45, 7) is 6.64. The van der Waals surface area contributed by atoms with Gasteiger partial charge >= 0.3 is 0 Å². The maximum atomic E-state index is 14.1. The number of carbonyl (C=O) groups is 2. The largest absolute Gasteiger partial charge is 0.378 e. The van der Waals surface area contributed by atoms with Gasteiger partial charge in [0, 0.05) is 42.1 Å². The molecule has 28 heavy (non-hydrogen) atoms. The van der Waals surface area contributed by atoms with E-state index in [1.165, 1.54) is 12.1 Å². The van der Waals surface area contributed by atoms with Crippen LogP contribution in [0.15, 0.2) is 36.4 Å². The second-order valence-corrected chi connectivity index (χ2v) is 6.64. The molecule has 0 atom stereocenters. The molecule has 3 rings (SSSR count). The lowest BCUT2D eigenvalue weighted by Gasteiger charge is -2.29. The highest BCUT2D eigenvalue weighted by atomic mass is 19.1. The number of nitrogens with zero attached hydrogens (tertiary/aromatic N) is 1. The Bertz CT molecular complexity index is 879. The molecule has 2 aromatic carbocycles. The number of rotatable bonds is 5. The number of amides is 2. The minimum absolute atomic E-state index is 0.210. The SMILES string of the molecule is CCNC(=O)c1ccc(C)c(NC(=O)c2cc(F)cc(N3CCOCC3)c2)c1. The van der Waals surface area contributed by atoms with Gasteiger partial charge in [-0.1, -0.05) is 6.07 Å². The summed E-state index contributed by atoms with van der Waals surface area (Å²) in [4.78, 5) is 26.8. The number of nitrogens with one attached hydrogen (secondary N) is 2. The van der Waals surface area contributed by atoms with Crippen molar-refractivity contribution in [2.75, 3.05) is 43.1 Å². The van der Waals surface area contributed by atoms with Gasteiger partial charge < -0.3 is 20.3 Å². The number of carbonyl (C=O) groups excluding carboxylic acids is 2. The third-order valence-electron chi connectivity index (χ3n) is 4.61. The molecule has 148 valence electrons. The van der Waals surface area contributed by atoms with Crippen molar-refractivity contribution in [2.24, 2.45) is 0 Å². The fourth-order valence-electron chi connectivity index (χ4n) is 3.06. The van der Waals surface area contributed by atoms with Crippen molar-refractivity contribution in [1.29, 1.82) is 0 Å². The molecule has 0 radical (unpaired) electrons. The molecule has 1 aliphatic heterocycles. The van der Waals surface area contributed by atoms with Crippen LogP contribution in [0.1, 0.15) is 33.2 Å². The summed E-state index contributed by atoms with van der Waals surface area (Å²) in [5.41, 5.74) is 2.67. The molecule has 0 spiro atoms. The van der Waals surface area contributed by atoms with Crippen molar-refractivity contribution in [3.63, 3.8) is 0 Å². The summed E-state index contributed by atoms with van der Waals surface area (Å²) in [6, 6.07) is 9.40. The predicted octanol–water partition coefficient (Wildman–Crippen LogP) is 2.97. The number of hydrogen-bond donors (Lipinski definition) is 2. The zero-order chi connectivity index (χ0) is 20.1. The van der Waals surface area contributed by atoms with Gasteiger partial charge in [0.2, 0.25) is 0 Å². The van der Waals surface area contributed by atoms with E-state index in [9.17, 15) is 14.0 Å². The van der Waals surface area contributed by atoms with Crippen LogP contribution >= 0.6 is 0 Å². The predicted molar refractivity (Wildman–Crippen MR) is 107 cm³/mol. The van der Waals surface area contributed by atoms with Gasteiger partial charge in [0.25, 0.3) is 11.8 Å². The van der Waals surface area contributed by atoms with Crippen molar-refractivity contribution in [3.05, 3.63) is 58.9 Å². The maximum Gasteiger partial charge on any atom is 0.255 e. The number of ether oxygens (including phenoxy) is 1. The normalized spacial score (nSPS) is 13.9. The smallest absolute Gasteiger partial charge is 0.255 e. The molecule has 7 heteroatoms. The fourth-order valence-corrected chi connectivity index (χ4v) is 3.06. The highest BCUT2D eigenvalue weighted by molar-refractivity contribution is 6.06. The van der Waals surface area contributed by atoms with Crippen LogP contribution in [0.5, 0.6) is 0 Å². The van der Waals surface area contributed by atoms with Gasteiger partial charge in [0.1, 0.15) is 5.82 Å². The maximum absolute atomic E-state index is 14.1. The summed E-state index contributed by atoms with van der Waals surface area (Å²) < 4.78 is 19.4.